The molecule has 1 fully saturated rings. The Bertz CT molecular complexity index is 531. The number of amides is 1. The van der Waals surface area contributed by atoms with E-state index in [4.69, 9.17) is 9.84 Å². The summed E-state index contributed by atoms with van der Waals surface area (Å²) in [7, 11) is 0. The van der Waals surface area contributed by atoms with Crippen molar-refractivity contribution in [1.82, 2.24) is 4.90 Å². The molecule has 1 saturated carbocycles. The minimum Gasteiger partial charge on any atom is -0.482 e. The molecule has 1 aromatic rings. The molecule has 1 aromatic carbocycles. The summed E-state index contributed by atoms with van der Waals surface area (Å²) in [5.74, 6) is -1.40. The number of carbonyl (C=O) groups is 2. The normalized spacial score (nSPS) is 14.0. The van der Waals surface area contributed by atoms with Gasteiger partial charge in [0, 0.05) is 11.6 Å². The Morgan fingerprint density at radius 1 is 1.38 bits per heavy atom. The topological polar surface area (TPSA) is 66.8 Å². The van der Waals surface area contributed by atoms with Crippen LogP contribution >= 0.6 is 0 Å². The van der Waals surface area contributed by atoms with Gasteiger partial charge in [-0.05, 0) is 31.0 Å². The Hall–Kier alpha value is -2.18. The molecule has 0 atom stereocenters. The largest absolute Gasteiger partial charge is 0.482 e. The second kappa shape index (κ2) is 6.51. The number of nitrogens with zero attached hydrogens (tertiary/aromatic N) is 1. The zero-order valence-corrected chi connectivity index (χ0v) is 11.2. The third kappa shape index (κ3) is 4.40. The Labute approximate surface area is 120 Å². The van der Waals surface area contributed by atoms with Crippen molar-refractivity contribution in [2.75, 3.05) is 13.2 Å². The van der Waals surface area contributed by atoms with E-state index in [1.54, 1.807) is 0 Å². The number of ether oxygens (including phenoxy) is 1. The minimum absolute atomic E-state index is 0.130. The van der Waals surface area contributed by atoms with E-state index < -0.39 is 31.5 Å². The number of rotatable bonds is 7. The average Bonchev–Trinajstić information content (AvgIpc) is 3.26. The van der Waals surface area contributed by atoms with Gasteiger partial charge >= 0.3 is 5.97 Å². The first-order valence-electron chi connectivity index (χ1n) is 6.51. The van der Waals surface area contributed by atoms with E-state index >= 15 is 0 Å². The zero-order chi connectivity index (χ0) is 15.4. The maximum Gasteiger partial charge on any atom is 0.341 e. The van der Waals surface area contributed by atoms with Crippen molar-refractivity contribution < 1.29 is 28.2 Å². The molecule has 1 amide bonds. The maximum absolute atomic E-state index is 12.6. The van der Waals surface area contributed by atoms with Gasteiger partial charge in [-0.2, -0.15) is 0 Å². The van der Waals surface area contributed by atoms with E-state index in [-0.39, 0.29) is 17.4 Å². The lowest BCUT2D eigenvalue weighted by Gasteiger charge is -2.22. The van der Waals surface area contributed by atoms with Crippen LogP contribution in [0.4, 0.5) is 8.78 Å². The van der Waals surface area contributed by atoms with E-state index in [0.717, 1.165) is 12.8 Å². The fourth-order valence-electron chi connectivity index (χ4n) is 1.96. The molecule has 1 aliphatic carbocycles. The monoisotopic (exact) mass is 299 g/mol. The van der Waals surface area contributed by atoms with Crippen molar-refractivity contribution in [2.24, 2.45) is 0 Å². The number of carboxylic acids is 1. The lowest BCUT2D eigenvalue weighted by Crippen LogP contribution is -2.36. The summed E-state index contributed by atoms with van der Waals surface area (Å²) in [6, 6.07) is 5.77. The molecular weight excluding hydrogens is 284 g/mol. The van der Waals surface area contributed by atoms with Crippen LogP contribution < -0.4 is 4.74 Å². The molecule has 0 heterocycles. The van der Waals surface area contributed by atoms with E-state index in [1.165, 1.54) is 29.2 Å². The number of halogens is 2. The smallest absolute Gasteiger partial charge is 0.341 e. The van der Waals surface area contributed by atoms with Gasteiger partial charge in [0.25, 0.3) is 12.3 Å². The highest BCUT2D eigenvalue weighted by molar-refractivity contribution is 5.95. The molecule has 114 valence electrons. The van der Waals surface area contributed by atoms with Gasteiger partial charge in [-0.15, -0.1) is 0 Å². The predicted molar refractivity (Wildman–Crippen MR) is 69.6 cm³/mol. The van der Waals surface area contributed by atoms with Crippen LogP contribution in [-0.4, -0.2) is 47.5 Å². The van der Waals surface area contributed by atoms with Gasteiger partial charge in [0.05, 0.1) is 6.54 Å². The van der Waals surface area contributed by atoms with E-state index in [0.29, 0.717) is 0 Å². The summed E-state index contributed by atoms with van der Waals surface area (Å²) in [5.41, 5.74) is 0.213. The molecule has 0 aliphatic heterocycles. The quantitative estimate of drug-likeness (QED) is 0.836. The molecular formula is C14H15F2NO4. The van der Waals surface area contributed by atoms with Gasteiger partial charge < -0.3 is 14.7 Å². The van der Waals surface area contributed by atoms with Crippen molar-refractivity contribution in [1.29, 1.82) is 0 Å². The Kier molecular flexibility index (Phi) is 4.72. The van der Waals surface area contributed by atoms with E-state index in [9.17, 15) is 18.4 Å². The van der Waals surface area contributed by atoms with Gasteiger partial charge in [0.2, 0.25) is 0 Å². The van der Waals surface area contributed by atoms with Gasteiger partial charge in [-0.1, -0.05) is 6.07 Å². The number of carbonyl (C=O) groups excluding carboxylic acids is 1. The van der Waals surface area contributed by atoms with Gasteiger partial charge in [0.15, 0.2) is 6.61 Å². The second-order valence-corrected chi connectivity index (χ2v) is 4.79. The number of alkyl halides is 2. The third-order valence-corrected chi connectivity index (χ3v) is 3.03. The standard InChI is InChI=1S/C14H15F2NO4/c15-12(16)7-17(10-4-5-10)14(20)9-2-1-3-11(6-9)21-8-13(18)19/h1-3,6,10,12H,4-5,7-8H2,(H,18,19). The van der Waals surface area contributed by atoms with Gasteiger partial charge in [-0.25, -0.2) is 13.6 Å². The highest BCUT2D eigenvalue weighted by Crippen LogP contribution is 2.29. The second-order valence-electron chi connectivity index (χ2n) is 4.79. The van der Waals surface area contributed by atoms with Crippen LogP contribution in [-0.2, 0) is 4.79 Å². The summed E-state index contributed by atoms with van der Waals surface area (Å²) >= 11 is 0. The molecule has 0 saturated heterocycles. The number of hydrogen-bond acceptors (Lipinski definition) is 3. The molecule has 2 rings (SSSR count). The van der Waals surface area contributed by atoms with Crippen molar-refractivity contribution in [3.8, 4) is 5.75 Å². The highest BCUT2D eigenvalue weighted by atomic mass is 19.3. The Morgan fingerprint density at radius 3 is 2.67 bits per heavy atom. The number of carboxylic acid groups (broad SMARTS) is 1. The molecule has 1 aliphatic rings. The Morgan fingerprint density at radius 2 is 2.10 bits per heavy atom. The van der Waals surface area contributed by atoms with Crippen molar-refractivity contribution in [3.05, 3.63) is 29.8 Å². The van der Waals surface area contributed by atoms with Gasteiger partial charge in [0.1, 0.15) is 5.75 Å². The molecule has 1 N–H and O–H groups in total. The minimum atomic E-state index is -2.58. The summed E-state index contributed by atoms with van der Waals surface area (Å²) in [6.45, 7) is -1.12. The maximum atomic E-state index is 12.6. The number of aliphatic carboxylic acids is 1. The molecule has 0 bridgehead atoms. The summed E-state index contributed by atoms with van der Waals surface area (Å²) in [5, 5.41) is 8.54. The first-order valence-corrected chi connectivity index (χ1v) is 6.51. The lowest BCUT2D eigenvalue weighted by atomic mass is 10.2. The van der Waals surface area contributed by atoms with Crippen LogP contribution in [0.5, 0.6) is 5.75 Å². The van der Waals surface area contributed by atoms with E-state index in [1.807, 2.05) is 0 Å². The fourth-order valence-corrected chi connectivity index (χ4v) is 1.96. The van der Waals surface area contributed by atoms with Gasteiger partial charge in [-0.3, -0.25) is 4.79 Å². The van der Waals surface area contributed by atoms with Crippen molar-refractivity contribution in [3.63, 3.8) is 0 Å². The van der Waals surface area contributed by atoms with Crippen LogP contribution in [0.3, 0.4) is 0 Å². The molecule has 7 heteroatoms. The molecule has 0 unspecified atom stereocenters. The summed E-state index contributed by atoms with van der Waals surface area (Å²) in [6.07, 6.45) is -1.12. The summed E-state index contributed by atoms with van der Waals surface area (Å²) in [4.78, 5) is 23.9. The van der Waals surface area contributed by atoms with Crippen LogP contribution in [0.2, 0.25) is 0 Å². The van der Waals surface area contributed by atoms with Crippen LogP contribution in [0, 0.1) is 0 Å². The third-order valence-electron chi connectivity index (χ3n) is 3.03. The zero-order valence-electron chi connectivity index (χ0n) is 11.2. The van der Waals surface area contributed by atoms with Crippen molar-refractivity contribution in [2.45, 2.75) is 25.3 Å². The average molecular weight is 299 g/mol. The SMILES string of the molecule is O=C(O)COc1cccc(C(=O)N(CC(F)F)C2CC2)c1. The fraction of sp³-hybridized carbons (Fsp3) is 0.429. The van der Waals surface area contributed by atoms with Crippen molar-refractivity contribution >= 4 is 11.9 Å². The summed E-state index contributed by atoms with van der Waals surface area (Å²) < 4.78 is 30.1. The predicted octanol–water partition coefficient (Wildman–Crippen LogP) is 2.02. The molecule has 21 heavy (non-hydrogen) atoms. The first-order chi connectivity index (χ1) is 9.97. The molecule has 0 aromatic heterocycles. The van der Waals surface area contributed by atoms with E-state index in [2.05, 4.69) is 0 Å². The lowest BCUT2D eigenvalue weighted by molar-refractivity contribution is -0.139. The molecule has 5 nitrogen and oxygen atoms in total. The molecule has 0 radical (unpaired) electrons. The number of benzene rings is 1. The van der Waals surface area contributed by atoms with Crippen LogP contribution in [0.25, 0.3) is 0 Å². The first kappa shape index (κ1) is 15.2. The van der Waals surface area contributed by atoms with Crippen LogP contribution in [0.15, 0.2) is 24.3 Å². The number of hydrogen-bond donors (Lipinski definition) is 1. The Balaban J connectivity index is 2.10. The molecule has 0 spiro atoms. The highest BCUT2D eigenvalue weighted by Gasteiger charge is 2.34. The van der Waals surface area contributed by atoms with Crippen LogP contribution in [0.1, 0.15) is 23.2 Å².